The molecule has 3 aromatic rings. The quantitative estimate of drug-likeness (QED) is 0.578. The molecular formula is C25H31N5. The van der Waals surface area contributed by atoms with Crippen molar-refractivity contribution in [1.82, 2.24) is 19.6 Å². The lowest BCUT2D eigenvalue weighted by Crippen LogP contribution is -2.36. The molecule has 0 unspecified atom stereocenters. The van der Waals surface area contributed by atoms with E-state index in [2.05, 4.69) is 64.6 Å². The third kappa shape index (κ3) is 3.47. The maximum Gasteiger partial charge on any atom is 0.0627 e. The van der Waals surface area contributed by atoms with E-state index in [-0.39, 0.29) is 0 Å². The molecule has 0 saturated heterocycles. The predicted molar refractivity (Wildman–Crippen MR) is 122 cm³/mol. The smallest absolute Gasteiger partial charge is 0.0627 e. The molecule has 1 fully saturated rings. The summed E-state index contributed by atoms with van der Waals surface area (Å²) in [6.07, 6.45) is 13.0. The van der Waals surface area contributed by atoms with Crippen LogP contribution in [0.15, 0.2) is 49.1 Å². The number of allylic oxidation sites excluding steroid dienone is 1. The molecule has 2 aromatic heterocycles. The molecule has 1 atom stereocenters. The van der Waals surface area contributed by atoms with Crippen molar-refractivity contribution in [3.63, 3.8) is 0 Å². The molecular weight excluding hydrogens is 370 g/mol. The van der Waals surface area contributed by atoms with Crippen LogP contribution in [0.2, 0.25) is 0 Å². The molecule has 0 radical (unpaired) electrons. The van der Waals surface area contributed by atoms with E-state index in [4.69, 9.17) is 0 Å². The van der Waals surface area contributed by atoms with Crippen LogP contribution in [0.5, 0.6) is 0 Å². The molecule has 1 aliphatic carbocycles. The van der Waals surface area contributed by atoms with Gasteiger partial charge in [-0.05, 0) is 81.2 Å². The van der Waals surface area contributed by atoms with Crippen molar-refractivity contribution in [1.29, 1.82) is 0 Å². The molecule has 3 heterocycles. The first-order valence-electron chi connectivity index (χ1n) is 11.1. The number of nitrogens with zero attached hydrogens (tertiary/aromatic N) is 5. The van der Waals surface area contributed by atoms with Crippen molar-refractivity contribution in [2.24, 2.45) is 7.05 Å². The van der Waals surface area contributed by atoms with Gasteiger partial charge in [-0.2, -0.15) is 10.2 Å². The van der Waals surface area contributed by atoms with E-state index < -0.39 is 0 Å². The first-order valence-corrected chi connectivity index (χ1v) is 11.1. The van der Waals surface area contributed by atoms with Crippen molar-refractivity contribution in [3.8, 4) is 11.1 Å². The van der Waals surface area contributed by atoms with Gasteiger partial charge in [0.1, 0.15) is 0 Å². The Labute approximate surface area is 179 Å². The highest BCUT2D eigenvalue weighted by Crippen LogP contribution is 2.41. The number of anilines is 1. The number of hydrogen-bond acceptors (Lipinski definition) is 3. The van der Waals surface area contributed by atoms with Gasteiger partial charge in [-0.25, -0.2) is 0 Å². The minimum absolute atomic E-state index is 0.488. The van der Waals surface area contributed by atoms with Crippen LogP contribution in [-0.2, 0) is 26.3 Å². The summed E-state index contributed by atoms with van der Waals surface area (Å²) in [5, 5.41) is 9.27. The van der Waals surface area contributed by atoms with Gasteiger partial charge >= 0.3 is 0 Å². The second kappa shape index (κ2) is 7.46. The van der Waals surface area contributed by atoms with Crippen molar-refractivity contribution in [2.45, 2.75) is 64.5 Å². The Bertz CT molecular complexity index is 1080. The third-order valence-electron chi connectivity index (χ3n) is 6.56. The lowest BCUT2D eigenvalue weighted by Gasteiger charge is -2.38. The van der Waals surface area contributed by atoms with Crippen LogP contribution in [-0.4, -0.2) is 25.6 Å². The van der Waals surface area contributed by atoms with Gasteiger partial charge in [-0.3, -0.25) is 9.36 Å². The van der Waals surface area contributed by atoms with Gasteiger partial charge in [0, 0.05) is 42.4 Å². The summed E-state index contributed by atoms with van der Waals surface area (Å²) in [7, 11) is 1.98. The Morgan fingerprint density at radius 2 is 2.00 bits per heavy atom. The standard InChI is InChI=1S/C25H31N5/c1-17(2)30-18(3)5-9-24-23(10-6-20-13-14-28(4)27-20)22(11-12-25(24)30)19-15-26-29(16-19)21-7-8-21/h11-16,18,21H,1,5-10H2,2-4H3/t18-/m0/s1. The van der Waals surface area contributed by atoms with Crippen LogP contribution in [0.25, 0.3) is 11.1 Å². The largest absolute Gasteiger partial charge is 0.343 e. The number of benzene rings is 1. The second-order valence-electron chi connectivity index (χ2n) is 9.00. The molecule has 30 heavy (non-hydrogen) atoms. The van der Waals surface area contributed by atoms with E-state index in [1.807, 2.05) is 24.1 Å². The lowest BCUT2D eigenvalue weighted by molar-refractivity contribution is 0.597. The highest BCUT2D eigenvalue weighted by Gasteiger charge is 2.28. The fraction of sp³-hybridized carbons (Fsp3) is 0.440. The fourth-order valence-corrected chi connectivity index (χ4v) is 4.91. The minimum atomic E-state index is 0.488. The predicted octanol–water partition coefficient (Wildman–Crippen LogP) is 5.08. The van der Waals surface area contributed by atoms with Crippen LogP contribution >= 0.6 is 0 Å². The van der Waals surface area contributed by atoms with E-state index in [0.29, 0.717) is 12.1 Å². The van der Waals surface area contributed by atoms with E-state index in [1.54, 1.807) is 0 Å². The molecule has 2 aliphatic rings. The molecule has 5 nitrogen and oxygen atoms in total. The molecule has 0 N–H and O–H groups in total. The topological polar surface area (TPSA) is 38.9 Å². The summed E-state index contributed by atoms with van der Waals surface area (Å²) >= 11 is 0. The van der Waals surface area contributed by atoms with Crippen LogP contribution in [0, 0.1) is 0 Å². The number of fused-ring (bicyclic) bond motifs is 1. The SMILES string of the molecule is C=C(C)N1c2ccc(-c3cnn(C4CC4)c3)c(CCc3ccn(C)n3)c2CC[C@@H]1C. The van der Waals surface area contributed by atoms with Crippen LogP contribution < -0.4 is 4.90 Å². The van der Waals surface area contributed by atoms with Gasteiger partial charge in [-0.15, -0.1) is 0 Å². The van der Waals surface area contributed by atoms with Crippen molar-refractivity contribution in [2.75, 3.05) is 4.90 Å². The van der Waals surface area contributed by atoms with Gasteiger partial charge in [-0.1, -0.05) is 12.6 Å². The molecule has 1 aromatic carbocycles. The maximum atomic E-state index is 4.66. The van der Waals surface area contributed by atoms with Gasteiger partial charge in [0.25, 0.3) is 0 Å². The molecule has 0 bridgehead atoms. The summed E-state index contributed by atoms with van der Waals surface area (Å²) in [5.41, 5.74) is 9.09. The van der Waals surface area contributed by atoms with Crippen molar-refractivity contribution < 1.29 is 0 Å². The van der Waals surface area contributed by atoms with Gasteiger partial charge in [0.2, 0.25) is 0 Å². The van der Waals surface area contributed by atoms with Gasteiger partial charge in [0.15, 0.2) is 0 Å². The second-order valence-corrected chi connectivity index (χ2v) is 9.00. The summed E-state index contributed by atoms with van der Waals surface area (Å²) in [6.45, 7) is 8.69. The Morgan fingerprint density at radius 3 is 2.70 bits per heavy atom. The van der Waals surface area contributed by atoms with Crippen LogP contribution in [0.3, 0.4) is 0 Å². The molecule has 5 rings (SSSR count). The molecule has 1 saturated carbocycles. The Balaban J connectivity index is 1.57. The number of aromatic nitrogens is 4. The maximum absolute atomic E-state index is 4.66. The van der Waals surface area contributed by atoms with Crippen LogP contribution in [0.4, 0.5) is 5.69 Å². The summed E-state index contributed by atoms with van der Waals surface area (Å²) < 4.78 is 4.04. The Morgan fingerprint density at radius 1 is 1.17 bits per heavy atom. The zero-order valence-electron chi connectivity index (χ0n) is 18.3. The first kappa shape index (κ1) is 19.2. The average molecular weight is 402 g/mol. The van der Waals surface area contributed by atoms with E-state index >= 15 is 0 Å². The zero-order chi connectivity index (χ0) is 20.8. The van der Waals surface area contributed by atoms with Gasteiger partial charge in [0.05, 0.1) is 17.9 Å². The minimum Gasteiger partial charge on any atom is -0.343 e. The summed E-state index contributed by atoms with van der Waals surface area (Å²) in [4.78, 5) is 2.42. The van der Waals surface area contributed by atoms with Crippen molar-refractivity contribution in [3.05, 3.63) is 65.9 Å². The average Bonchev–Trinajstić information content (AvgIpc) is 3.30. The van der Waals surface area contributed by atoms with Gasteiger partial charge < -0.3 is 4.90 Å². The van der Waals surface area contributed by atoms with E-state index in [1.165, 1.54) is 40.8 Å². The highest BCUT2D eigenvalue weighted by molar-refractivity contribution is 5.75. The number of rotatable bonds is 6. The monoisotopic (exact) mass is 401 g/mol. The van der Waals surface area contributed by atoms with Crippen LogP contribution in [0.1, 0.15) is 56.0 Å². The van der Waals surface area contributed by atoms with Crippen molar-refractivity contribution >= 4 is 5.69 Å². The highest BCUT2D eigenvalue weighted by atomic mass is 15.3. The number of hydrogen-bond donors (Lipinski definition) is 0. The molecule has 0 spiro atoms. The molecule has 0 amide bonds. The first-order chi connectivity index (χ1) is 14.5. The Kier molecular flexibility index (Phi) is 4.76. The zero-order valence-corrected chi connectivity index (χ0v) is 18.3. The summed E-state index contributed by atoms with van der Waals surface area (Å²) in [5.74, 6) is 0. The normalized spacial score (nSPS) is 18.5. The fourth-order valence-electron chi connectivity index (χ4n) is 4.91. The summed E-state index contributed by atoms with van der Waals surface area (Å²) in [6, 6.07) is 7.82. The van der Waals surface area contributed by atoms with E-state index in [0.717, 1.165) is 37.1 Å². The third-order valence-corrected chi connectivity index (χ3v) is 6.56. The molecule has 1 aliphatic heterocycles. The molecule has 5 heteroatoms. The lowest BCUT2D eigenvalue weighted by atomic mass is 9.86. The molecule has 156 valence electrons. The van der Waals surface area contributed by atoms with E-state index in [9.17, 15) is 0 Å². The number of aryl methyl sites for hydroxylation is 2. The Hall–Kier alpha value is -2.82.